The first kappa shape index (κ1) is 9.66. The van der Waals surface area contributed by atoms with Gasteiger partial charge < -0.3 is 10.1 Å². The first-order chi connectivity index (χ1) is 6.79. The predicted octanol–water partition coefficient (Wildman–Crippen LogP) is 3.31. The highest BCUT2D eigenvalue weighted by Crippen LogP contribution is 2.29. The zero-order chi connectivity index (χ0) is 9.97. The quantitative estimate of drug-likeness (QED) is 0.828. The van der Waals surface area contributed by atoms with Gasteiger partial charge in [-0.1, -0.05) is 11.6 Å². The van der Waals surface area contributed by atoms with Gasteiger partial charge in [-0.15, -0.1) is 0 Å². The van der Waals surface area contributed by atoms with Crippen LogP contribution in [0.2, 0.25) is 5.02 Å². The zero-order valence-electron chi connectivity index (χ0n) is 8.22. The monoisotopic (exact) mass is 211 g/mol. The normalized spacial score (nSPS) is 16.1. The molecule has 0 amide bonds. The molecular formula is C11H14ClNO. The molecule has 1 aliphatic rings. The Labute approximate surface area is 89.2 Å². The Kier molecular flexibility index (Phi) is 2.82. The van der Waals surface area contributed by atoms with Crippen molar-refractivity contribution in [2.24, 2.45) is 0 Å². The van der Waals surface area contributed by atoms with E-state index in [0.29, 0.717) is 11.1 Å². The maximum Gasteiger partial charge on any atom is 0.137 e. The minimum atomic E-state index is 0.638. The summed E-state index contributed by atoms with van der Waals surface area (Å²) < 4.78 is 5.09. The van der Waals surface area contributed by atoms with Crippen LogP contribution in [-0.4, -0.2) is 13.2 Å². The number of anilines is 1. The molecule has 2 rings (SSSR count). The SMILES string of the molecule is COc1ccc(NC2CCC2)cc1Cl. The summed E-state index contributed by atoms with van der Waals surface area (Å²) in [4.78, 5) is 0. The van der Waals surface area contributed by atoms with Crippen molar-refractivity contribution in [1.29, 1.82) is 0 Å². The third kappa shape index (κ3) is 1.95. The van der Waals surface area contributed by atoms with Crippen molar-refractivity contribution in [3.8, 4) is 5.75 Å². The topological polar surface area (TPSA) is 21.3 Å². The molecule has 76 valence electrons. The molecule has 1 N–H and O–H groups in total. The molecule has 0 atom stereocenters. The van der Waals surface area contributed by atoms with E-state index in [0.717, 1.165) is 11.4 Å². The van der Waals surface area contributed by atoms with Gasteiger partial charge in [0.2, 0.25) is 0 Å². The number of benzene rings is 1. The standard InChI is InChI=1S/C11H14ClNO/c1-14-11-6-5-9(7-10(11)12)13-8-3-2-4-8/h5-8,13H,2-4H2,1H3. The molecule has 1 fully saturated rings. The van der Waals surface area contributed by atoms with Crippen LogP contribution in [-0.2, 0) is 0 Å². The van der Waals surface area contributed by atoms with Crippen molar-refractivity contribution in [1.82, 2.24) is 0 Å². The van der Waals surface area contributed by atoms with E-state index >= 15 is 0 Å². The average molecular weight is 212 g/mol. The van der Waals surface area contributed by atoms with E-state index in [4.69, 9.17) is 16.3 Å². The molecule has 1 aromatic rings. The van der Waals surface area contributed by atoms with Crippen LogP contribution in [0.5, 0.6) is 5.75 Å². The molecule has 1 aliphatic carbocycles. The van der Waals surface area contributed by atoms with Crippen molar-refractivity contribution < 1.29 is 4.74 Å². The second-order valence-corrected chi connectivity index (χ2v) is 4.03. The summed E-state index contributed by atoms with van der Waals surface area (Å²) in [7, 11) is 1.63. The van der Waals surface area contributed by atoms with Gasteiger partial charge in [0, 0.05) is 11.7 Å². The molecule has 0 heterocycles. The molecule has 0 radical (unpaired) electrons. The first-order valence-electron chi connectivity index (χ1n) is 4.89. The molecule has 0 bridgehead atoms. The Morgan fingerprint density at radius 1 is 1.43 bits per heavy atom. The van der Waals surface area contributed by atoms with Crippen LogP contribution in [0, 0.1) is 0 Å². The van der Waals surface area contributed by atoms with E-state index in [1.807, 2.05) is 18.2 Å². The second-order valence-electron chi connectivity index (χ2n) is 3.62. The molecule has 2 nitrogen and oxygen atoms in total. The van der Waals surface area contributed by atoms with E-state index in [-0.39, 0.29) is 0 Å². The van der Waals surface area contributed by atoms with Crippen molar-refractivity contribution >= 4 is 17.3 Å². The van der Waals surface area contributed by atoms with Crippen LogP contribution < -0.4 is 10.1 Å². The minimum Gasteiger partial charge on any atom is -0.495 e. The van der Waals surface area contributed by atoms with Crippen LogP contribution in [0.4, 0.5) is 5.69 Å². The lowest BCUT2D eigenvalue weighted by Gasteiger charge is -2.27. The number of hydrogen-bond acceptors (Lipinski definition) is 2. The number of methoxy groups -OCH3 is 1. The molecule has 1 aromatic carbocycles. The molecule has 1 saturated carbocycles. The lowest BCUT2D eigenvalue weighted by Crippen LogP contribution is -2.26. The van der Waals surface area contributed by atoms with Crippen LogP contribution in [0.25, 0.3) is 0 Å². The summed E-state index contributed by atoms with van der Waals surface area (Å²) in [6.07, 6.45) is 3.87. The summed E-state index contributed by atoms with van der Waals surface area (Å²) in [5.41, 5.74) is 1.08. The number of halogens is 1. The third-order valence-electron chi connectivity index (χ3n) is 2.63. The minimum absolute atomic E-state index is 0.638. The molecule has 0 unspecified atom stereocenters. The number of hydrogen-bond donors (Lipinski definition) is 1. The predicted molar refractivity (Wildman–Crippen MR) is 59.3 cm³/mol. The Bertz CT molecular complexity index is 323. The number of rotatable bonds is 3. The van der Waals surface area contributed by atoms with E-state index in [9.17, 15) is 0 Å². The highest BCUT2D eigenvalue weighted by molar-refractivity contribution is 6.32. The lowest BCUT2D eigenvalue weighted by molar-refractivity contribution is 0.415. The summed E-state index contributed by atoms with van der Waals surface area (Å²) >= 11 is 6.01. The highest BCUT2D eigenvalue weighted by atomic mass is 35.5. The summed E-state index contributed by atoms with van der Waals surface area (Å²) in [5, 5.41) is 4.09. The van der Waals surface area contributed by atoms with Crippen LogP contribution in [0.15, 0.2) is 18.2 Å². The molecule has 0 aliphatic heterocycles. The second kappa shape index (κ2) is 4.09. The summed E-state index contributed by atoms with van der Waals surface area (Å²) in [6.45, 7) is 0. The molecule has 0 aromatic heterocycles. The lowest BCUT2D eigenvalue weighted by atomic mass is 9.93. The smallest absolute Gasteiger partial charge is 0.137 e. The zero-order valence-corrected chi connectivity index (χ0v) is 8.97. The van der Waals surface area contributed by atoms with E-state index < -0.39 is 0 Å². The molecular weight excluding hydrogens is 198 g/mol. The van der Waals surface area contributed by atoms with Gasteiger partial charge in [-0.3, -0.25) is 0 Å². The third-order valence-corrected chi connectivity index (χ3v) is 2.92. The van der Waals surface area contributed by atoms with Crippen LogP contribution in [0.3, 0.4) is 0 Å². The van der Waals surface area contributed by atoms with Crippen LogP contribution in [0.1, 0.15) is 19.3 Å². The van der Waals surface area contributed by atoms with Crippen molar-refractivity contribution in [2.45, 2.75) is 25.3 Å². The first-order valence-corrected chi connectivity index (χ1v) is 5.27. The molecule has 0 spiro atoms. The van der Waals surface area contributed by atoms with Gasteiger partial charge in [-0.05, 0) is 37.5 Å². The van der Waals surface area contributed by atoms with Crippen molar-refractivity contribution in [3.05, 3.63) is 23.2 Å². The van der Waals surface area contributed by atoms with Crippen molar-refractivity contribution in [3.63, 3.8) is 0 Å². The maximum atomic E-state index is 6.01. The maximum absolute atomic E-state index is 6.01. The van der Waals surface area contributed by atoms with Crippen molar-refractivity contribution in [2.75, 3.05) is 12.4 Å². The Morgan fingerprint density at radius 3 is 2.71 bits per heavy atom. The van der Waals surface area contributed by atoms with Gasteiger partial charge in [0.15, 0.2) is 0 Å². The number of ether oxygens (including phenoxy) is 1. The summed E-state index contributed by atoms with van der Waals surface area (Å²) in [5.74, 6) is 0.728. The van der Waals surface area contributed by atoms with E-state index in [1.165, 1.54) is 19.3 Å². The molecule has 3 heteroatoms. The van der Waals surface area contributed by atoms with Gasteiger partial charge in [-0.25, -0.2) is 0 Å². The van der Waals surface area contributed by atoms with E-state index in [2.05, 4.69) is 5.32 Å². The van der Waals surface area contributed by atoms with Gasteiger partial charge in [0.1, 0.15) is 5.75 Å². The Balaban J connectivity index is 2.07. The fourth-order valence-corrected chi connectivity index (χ4v) is 1.80. The van der Waals surface area contributed by atoms with Gasteiger partial charge >= 0.3 is 0 Å². The average Bonchev–Trinajstić information content (AvgIpc) is 2.12. The fraction of sp³-hybridized carbons (Fsp3) is 0.455. The van der Waals surface area contributed by atoms with Gasteiger partial charge in [-0.2, -0.15) is 0 Å². The molecule has 14 heavy (non-hydrogen) atoms. The van der Waals surface area contributed by atoms with E-state index in [1.54, 1.807) is 7.11 Å². The molecule has 0 saturated heterocycles. The largest absolute Gasteiger partial charge is 0.495 e. The highest BCUT2D eigenvalue weighted by Gasteiger charge is 2.16. The number of nitrogens with one attached hydrogen (secondary N) is 1. The Morgan fingerprint density at radius 2 is 2.21 bits per heavy atom. The Hall–Kier alpha value is -0.890. The van der Waals surface area contributed by atoms with Gasteiger partial charge in [0.05, 0.1) is 12.1 Å². The summed E-state index contributed by atoms with van der Waals surface area (Å²) in [6, 6.07) is 6.45. The van der Waals surface area contributed by atoms with Crippen LogP contribution >= 0.6 is 11.6 Å². The van der Waals surface area contributed by atoms with Gasteiger partial charge in [0.25, 0.3) is 0 Å². The fourth-order valence-electron chi connectivity index (χ4n) is 1.54.